The molecule has 0 aliphatic carbocycles. The first-order valence-corrected chi connectivity index (χ1v) is 9.23. The Hall–Kier alpha value is -2.82. The number of hydrogen-bond acceptors (Lipinski definition) is 3. The molecule has 2 aromatic rings. The van der Waals surface area contributed by atoms with Crippen LogP contribution in [0.5, 0.6) is 5.75 Å². The molecule has 1 aliphatic rings. The van der Waals surface area contributed by atoms with Crippen molar-refractivity contribution in [2.75, 3.05) is 7.11 Å². The molecule has 0 saturated carbocycles. The maximum absolute atomic E-state index is 13.1. The number of hydrogen-bond donors (Lipinski definition) is 1. The molecule has 1 aliphatic heterocycles. The van der Waals surface area contributed by atoms with Gasteiger partial charge in [0.05, 0.1) is 7.11 Å². The second-order valence-corrected chi connectivity index (χ2v) is 7.23. The van der Waals surface area contributed by atoms with E-state index in [-0.39, 0.29) is 17.9 Å². The second-order valence-electron chi connectivity index (χ2n) is 7.23. The van der Waals surface area contributed by atoms with E-state index in [2.05, 4.69) is 0 Å². The number of ether oxygens (including phenoxy) is 1. The third kappa shape index (κ3) is 3.68. The van der Waals surface area contributed by atoms with E-state index in [4.69, 9.17) is 4.74 Å². The van der Waals surface area contributed by atoms with Gasteiger partial charge in [0.2, 0.25) is 0 Å². The molecule has 1 amide bonds. The van der Waals surface area contributed by atoms with Crippen molar-refractivity contribution >= 4 is 11.9 Å². The van der Waals surface area contributed by atoms with E-state index in [9.17, 15) is 14.7 Å². The summed E-state index contributed by atoms with van der Waals surface area (Å²) in [5.41, 5.74) is 2.40. The molecule has 142 valence electrons. The number of carbonyl (C=O) groups excluding carboxylic acids is 1. The van der Waals surface area contributed by atoms with Gasteiger partial charge in [0, 0.05) is 17.2 Å². The second kappa shape index (κ2) is 7.82. The standard InChI is InChI=1S/C22H25NO4/c1-14(2)18-12-13-19(22(25)26)23(18)21(24)16-10-8-15(9-11-16)17-6-4-5-7-20(17)27-3/h4-11,14,18-19H,12-13H2,1-3H3,(H,25,26)/t18-,19+/m1/s1. The van der Waals surface area contributed by atoms with Crippen LogP contribution >= 0.6 is 0 Å². The van der Waals surface area contributed by atoms with E-state index in [1.54, 1.807) is 24.1 Å². The van der Waals surface area contributed by atoms with Crippen molar-refractivity contribution in [2.45, 2.75) is 38.8 Å². The van der Waals surface area contributed by atoms with E-state index in [1.165, 1.54) is 0 Å². The largest absolute Gasteiger partial charge is 0.496 e. The summed E-state index contributed by atoms with van der Waals surface area (Å²) in [5, 5.41) is 9.52. The zero-order valence-corrected chi connectivity index (χ0v) is 15.9. The highest BCUT2D eigenvalue weighted by Crippen LogP contribution is 2.33. The molecule has 0 radical (unpaired) electrons. The fraction of sp³-hybridized carbons (Fsp3) is 0.364. The van der Waals surface area contributed by atoms with E-state index in [0.29, 0.717) is 12.0 Å². The first-order valence-electron chi connectivity index (χ1n) is 9.23. The molecule has 0 bridgehead atoms. The average molecular weight is 367 g/mol. The Balaban J connectivity index is 1.89. The Morgan fingerprint density at radius 1 is 1.07 bits per heavy atom. The van der Waals surface area contributed by atoms with Crippen molar-refractivity contribution in [2.24, 2.45) is 5.92 Å². The number of aliphatic carboxylic acids is 1. The lowest BCUT2D eigenvalue weighted by atomic mass is 10.00. The molecule has 2 atom stereocenters. The van der Waals surface area contributed by atoms with Gasteiger partial charge in [-0.2, -0.15) is 0 Å². The van der Waals surface area contributed by atoms with Crippen LogP contribution in [0, 0.1) is 5.92 Å². The molecule has 1 saturated heterocycles. The van der Waals surface area contributed by atoms with E-state index in [0.717, 1.165) is 23.3 Å². The Bertz CT molecular complexity index is 828. The number of methoxy groups -OCH3 is 1. The van der Waals surface area contributed by atoms with Crippen LogP contribution in [0.3, 0.4) is 0 Å². The lowest BCUT2D eigenvalue weighted by molar-refractivity contribution is -0.141. The maximum Gasteiger partial charge on any atom is 0.326 e. The summed E-state index contributed by atoms with van der Waals surface area (Å²) in [7, 11) is 1.63. The van der Waals surface area contributed by atoms with Crippen molar-refractivity contribution < 1.29 is 19.4 Å². The number of carboxylic acid groups (broad SMARTS) is 1. The van der Waals surface area contributed by atoms with Gasteiger partial charge in [-0.15, -0.1) is 0 Å². The van der Waals surface area contributed by atoms with Crippen LogP contribution in [-0.2, 0) is 4.79 Å². The Labute approximate surface area is 159 Å². The summed E-state index contributed by atoms with van der Waals surface area (Å²) in [6, 6.07) is 14.2. The number of carbonyl (C=O) groups is 2. The van der Waals surface area contributed by atoms with E-state index in [1.807, 2.05) is 50.2 Å². The molecule has 5 nitrogen and oxygen atoms in total. The third-order valence-corrected chi connectivity index (χ3v) is 5.27. The van der Waals surface area contributed by atoms with Gasteiger partial charge < -0.3 is 14.7 Å². The first kappa shape index (κ1) is 19.0. The minimum absolute atomic E-state index is 0.0486. The molecule has 3 rings (SSSR count). The smallest absolute Gasteiger partial charge is 0.326 e. The summed E-state index contributed by atoms with van der Waals surface area (Å²) in [6.45, 7) is 4.06. The molecule has 5 heteroatoms. The monoisotopic (exact) mass is 367 g/mol. The van der Waals surface area contributed by atoms with E-state index < -0.39 is 12.0 Å². The topological polar surface area (TPSA) is 66.8 Å². The molecule has 1 N–H and O–H groups in total. The zero-order chi connectivity index (χ0) is 19.6. The van der Waals surface area contributed by atoms with Crippen LogP contribution in [0.1, 0.15) is 37.0 Å². The van der Waals surface area contributed by atoms with E-state index >= 15 is 0 Å². The molecule has 1 fully saturated rings. The third-order valence-electron chi connectivity index (χ3n) is 5.27. The Kier molecular flexibility index (Phi) is 5.49. The van der Waals surface area contributed by atoms with Gasteiger partial charge in [0.1, 0.15) is 11.8 Å². The number of nitrogens with zero attached hydrogens (tertiary/aromatic N) is 1. The number of rotatable bonds is 5. The van der Waals surface area contributed by atoms with Crippen LogP contribution in [0.4, 0.5) is 0 Å². The molecule has 0 aromatic heterocycles. The van der Waals surface area contributed by atoms with Crippen LogP contribution in [0.2, 0.25) is 0 Å². The Morgan fingerprint density at radius 2 is 1.74 bits per heavy atom. The Morgan fingerprint density at radius 3 is 2.33 bits per heavy atom. The highest BCUT2D eigenvalue weighted by molar-refractivity contribution is 5.97. The normalized spacial score (nSPS) is 19.3. The van der Waals surface area contributed by atoms with Gasteiger partial charge in [-0.25, -0.2) is 4.79 Å². The summed E-state index contributed by atoms with van der Waals surface area (Å²) in [6.07, 6.45) is 1.23. The maximum atomic E-state index is 13.1. The van der Waals surface area contributed by atoms with Crippen molar-refractivity contribution in [1.82, 2.24) is 4.90 Å². The van der Waals surface area contributed by atoms with Crippen LogP contribution in [0.25, 0.3) is 11.1 Å². The average Bonchev–Trinajstić information content (AvgIpc) is 3.13. The number of carboxylic acids is 1. The van der Waals surface area contributed by atoms with Crippen molar-refractivity contribution in [3.05, 3.63) is 54.1 Å². The predicted molar refractivity (Wildman–Crippen MR) is 104 cm³/mol. The number of para-hydroxylation sites is 1. The minimum Gasteiger partial charge on any atom is -0.496 e. The van der Waals surface area contributed by atoms with Crippen LogP contribution < -0.4 is 4.74 Å². The molecular formula is C22H25NO4. The van der Waals surface area contributed by atoms with Crippen molar-refractivity contribution in [3.63, 3.8) is 0 Å². The first-order chi connectivity index (χ1) is 12.9. The SMILES string of the molecule is COc1ccccc1-c1ccc(C(=O)N2[C@@H](C(C)C)CC[C@H]2C(=O)O)cc1. The molecule has 2 aromatic carbocycles. The van der Waals surface area contributed by atoms with Gasteiger partial charge in [0.25, 0.3) is 5.91 Å². The van der Waals surface area contributed by atoms with Gasteiger partial charge >= 0.3 is 5.97 Å². The molecule has 1 heterocycles. The van der Waals surface area contributed by atoms with Crippen LogP contribution in [0.15, 0.2) is 48.5 Å². The fourth-order valence-corrected chi connectivity index (χ4v) is 3.85. The summed E-state index contributed by atoms with van der Waals surface area (Å²) < 4.78 is 5.40. The fourth-order valence-electron chi connectivity index (χ4n) is 3.85. The lowest BCUT2D eigenvalue weighted by Crippen LogP contribution is -2.46. The highest BCUT2D eigenvalue weighted by Gasteiger charge is 2.42. The quantitative estimate of drug-likeness (QED) is 0.865. The summed E-state index contributed by atoms with van der Waals surface area (Å²) in [5.74, 6) is -0.171. The van der Waals surface area contributed by atoms with Crippen molar-refractivity contribution in [3.8, 4) is 16.9 Å². The van der Waals surface area contributed by atoms with Gasteiger partial charge in [-0.05, 0) is 42.5 Å². The van der Waals surface area contributed by atoms with Gasteiger partial charge in [-0.1, -0.05) is 44.2 Å². The molecular weight excluding hydrogens is 342 g/mol. The number of amides is 1. The highest BCUT2D eigenvalue weighted by atomic mass is 16.5. The molecule has 0 unspecified atom stereocenters. The van der Waals surface area contributed by atoms with Gasteiger partial charge in [-0.3, -0.25) is 4.79 Å². The number of likely N-dealkylation sites (tertiary alicyclic amines) is 1. The lowest BCUT2D eigenvalue weighted by Gasteiger charge is -2.31. The molecule has 27 heavy (non-hydrogen) atoms. The van der Waals surface area contributed by atoms with Crippen molar-refractivity contribution in [1.29, 1.82) is 0 Å². The molecule has 0 spiro atoms. The summed E-state index contributed by atoms with van der Waals surface area (Å²) >= 11 is 0. The van der Waals surface area contributed by atoms with Crippen LogP contribution in [-0.4, -0.2) is 41.1 Å². The predicted octanol–water partition coefficient (Wildman–Crippen LogP) is 4.08. The zero-order valence-electron chi connectivity index (χ0n) is 15.9. The minimum atomic E-state index is -0.933. The summed E-state index contributed by atoms with van der Waals surface area (Å²) in [4.78, 5) is 26.3. The number of benzene rings is 2. The van der Waals surface area contributed by atoms with Gasteiger partial charge in [0.15, 0.2) is 0 Å².